The quantitative estimate of drug-likeness (QED) is 0.584. The highest BCUT2D eigenvalue weighted by molar-refractivity contribution is 5.77. The maximum absolute atomic E-state index is 2.46. The Balaban J connectivity index is 2.45. The molecule has 0 spiro atoms. The Morgan fingerprint density at radius 2 is 1.64 bits per heavy atom. The van der Waals surface area contributed by atoms with E-state index in [1.54, 1.807) is 0 Å². The first-order valence-corrected chi connectivity index (χ1v) is 7.88. The molecule has 2 nitrogen and oxygen atoms in total. The van der Waals surface area contributed by atoms with Gasteiger partial charge in [-0.1, -0.05) is 29.8 Å². The lowest BCUT2D eigenvalue weighted by molar-refractivity contribution is -0.634. The number of rotatable bonds is 1. The second-order valence-corrected chi connectivity index (χ2v) is 7.20. The van der Waals surface area contributed by atoms with Crippen molar-refractivity contribution < 1.29 is 4.57 Å². The first kappa shape index (κ1) is 14.8. The van der Waals surface area contributed by atoms with E-state index in [9.17, 15) is 0 Å². The van der Waals surface area contributed by atoms with Crippen molar-refractivity contribution in [3.05, 3.63) is 53.6 Å². The molecule has 3 rings (SSSR count). The van der Waals surface area contributed by atoms with E-state index in [0.29, 0.717) is 0 Å². The molecule has 1 aromatic heterocycles. The molecule has 0 amide bonds. The molecule has 0 unspecified atom stereocenters. The highest BCUT2D eigenvalue weighted by Gasteiger charge is 2.32. The van der Waals surface area contributed by atoms with E-state index in [-0.39, 0.29) is 5.54 Å². The van der Waals surface area contributed by atoms with Crippen LogP contribution in [0.4, 0.5) is 0 Å². The van der Waals surface area contributed by atoms with Crippen LogP contribution in [0.2, 0.25) is 0 Å². The molecule has 0 radical (unpaired) electrons. The van der Waals surface area contributed by atoms with E-state index in [0.717, 1.165) is 0 Å². The second-order valence-electron chi connectivity index (χ2n) is 7.20. The summed E-state index contributed by atoms with van der Waals surface area (Å²) in [7, 11) is 2.17. The van der Waals surface area contributed by atoms with Gasteiger partial charge in [0.05, 0.1) is 12.6 Å². The highest BCUT2D eigenvalue weighted by Crippen LogP contribution is 2.31. The van der Waals surface area contributed by atoms with Crippen molar-refractivity contribution in [1.29, 1.82) is 0 Å². The molecule has 0 fully saturated rings. The van der Waals surface area contributed by atoms with Crippen molar-refractivity contribution in [2.24, 2.45) is 7.05 Å². The van der Waals surface area contributed by atoms with Crippen molar-refractivity contribution >= 4 is 11.0 Å². The summed E-state index contributed by atoms with van der Waals surface area (Å²) in [5.41, 5.74) is 6.51. The van der Waals surface area contributed by atoms with Crippen LogP contribution in [0.15, 0.2) is 42.5 Å². The number of benzene rings is 2. The summed E-state index contributed by atoms with van der Waals surface area (Å²) >= 11 is 0. The zero-order chi connectivity index (χ0) is 16.1. The van der Waals surface area contributed by atoms with Crippen LogP contribution in [0.5, 0.6) is 0 Å². The van der Waals surface area contributed by atoms with Gasteiger partial charge in [0.25, 0.3) is 5.82 Å². The molecule has 114 valence electrons. The minimum Gasteiger partial charge on any atom is -0.226 e. The summed E-state index contributed by atoms with van der Waals surface area (Å²) < 4.78 is 4.78. The van der Waals surface area contributed by atoms with Crippen LogP contribution in [0.1, 0.15) is 31.9 Å². The Kier molecular flexibility index (Phi) is 3.36. The first-order chi connectivity index (χ1) is 10.3. The third-order valence-electron chi connectivity index (χ3n) is 4.31. The average molecular weight is 293 g/mol. The Hall–Kier alpha value is -2.09. The largest absolute Gasteiger partial charge is 0.290 e. The van der Waals surface area contributed by atoms with Crippen LogP contribution in [0, 0.1) is 13.8 Å². The molecule has 0 N–H and O–H groups in total. The molecule has 1 heterocycles. The van der Waals surface area contributed by atoms with E-state index in [1.807, 2.05) is 0 Å². The third kappa shape index (κ3) is 2.23. The van der Waals surface area contributed by atoms with Crippen LogP contribution in [-0.2, 0) is 12.6 Å². The number of hydrogen-bond acceptors (Lipinski definition) is 0. The smallest absolute Gasteiger partial charge is 0.226 e. The minimum absolute atomic E-state index is 0.0214. The molecular weight excluding hydrogens is 268 g/mol. The van der Waals surface area contributed by atoms with Crippen LogP contribution in [0.25, 0.3) is 22.4 Å². The Morgan fingerprint density at radius 3 is 2.27 bits per heavy atom. The maximum Gasteiger partial charge on any atom is 0.290 e. The van der Waals surface area contributed by atoms with Gasteiger partial charge in [0, 0.05) is 0 Å². The number of fused-ring (bicyclic) bond motifs is 1. The van der Waals surface area contributed by atoms with Crippen LogP contribution in [0.3, 0.4) is 0 Å². The van der Waals surface area contributed by atoms with Gasteiger partial charge in [-0.05, 0) is 58.4 Å². The molecule has 3 aromatic rings. The van der Waals surface area contributed by atoms with E-state index >= 15 is 0 Å². The maximum atomic E-state index is 2.46. The molecular formula is C20H25N2+. The SMILES string of the molecule is Cc1ccc(-c2n(C(C)(C)C)c3ccccc3[n+]2C)c(C)c1. The summed E-state index contributed by atoms with van der Waals surface area (Å²) in [6, 6.07) is 15.4. The van der Waals surface area contributed by atoms with Gasteiger partial charge in [-0.2, -0.15) is 0 Å². The monoisotopic (exact) mass is 293 g/mol. The lowest BCUT2D eigenvalue weighted by Crippen LogP contribution is -2.33. The fourth-order valence-electron chi connectivity index (χ4n) is 3.36. The predicted octanol–water partition coefficient (Wildman–Crippen LogP) is 4.50. The van der Waals surface area contributed by atoms with Crippen molar-refractivity contribution in [2.45, 2.75) is 40.2 Å². The summed E-state index contributed by atoms with van der Waals surface area (Å²) in [5.74, 6) is 1.27. The third-order valence-corrected chi connectivity index (χ3v) is 4.31. The van der Waals surface area contributed by atoms with E-state index in [1.165, 1.54) is 33.5 Å². The Labute approximate surface area is 133 Å². The molecule has 0 aliphatic carbocycles. The normalized spacial score (nSPS) is 12.1. The van der Waals surface area contributed by atoms with Gasteiger partial charge in [0.15, 0.2) is 11.0 Å². The summed E-state index contributed by atoms with van der Waals surface area (Å²) in [4.78, 5) is 0. The standard InChI is InChI=1S/C20H25N2/c1-14-11-12-16(15(2)13-14)19-21(6)17-9-7-8-10-18(17)22(19)20(3,4)5/h7-13H,1-6H3/q+1. The van der Waals surface area contributed by atoms with Gasteiger partial charge in [-0.3, -0.25) is 0 Å². The van der Waals surface area contributed by atoms with E-state index in [4.69, 9.17) is 0 Å². The number of hydrogen-bond donors (Lipinski definition) is 0. The van der Waals surface area contributed by atoms with Crippen molar-refractivity contribution in [3.8, 4) is 11.4 Å². The number of para-hydroxylation sites is 2. The molecule has 0 aliphatic heterocycles. The lowest BCUT2D eigenvalue weighted by Gasteiger charge is -2.19. The fourth-order valence-corrected chi connectivity index (χ4v) is 3.36. The Morgan fingerprint density at radius 1 is 0.955 bits per heavy atom. The van der Waals surface area contributed by atoms with Gasteiger partial charge in [0.1, 0.15) is 5.54 Å². The zero-order valence-electron chi connectivity index (χ0n) is 14.4. The molecule has 0 aliphatic rings. The number of aryl methyl sites for hydroxylation is 3. The zero-order valence-corrected chi connectivity index (χ0v) is 14.4. The summed E-state index contributed by atoms with van der Waals surface area (Å²) in [6.45, 7) is 11.2. The van der Waals surface area contributed by atoms with Crippen molar-refractivity contribution in [1.82, 2.24) is 4.57 Å². The topological polar surface area (TPSA) is 8.81 Å². The minimum atomic E-state index is 0.0214. The molecule has 2 aromatic carbocycles. The summed E-state index contributed by atoms with van der Waals surface area (Å²) in [5, 5.41) is 0. The van der Waals surface area contributed by atoms with Gasteiger partial charge in [-0.25, -0.2) is 9.13 Å². The average Bonchev–Trinajstić information content (AvgIpc) is 2.73. The Bertz CT molecular complexity index is 848. The first-order valence-electron chi connectivity index (χ1n) is 7.88. The highest BCUT2D eigenvalue weighted by atomic mass is 15.2. The van der Waals surface area contributed by atoms with E-state index in [2.05, 4.69) is 93.3 Å². The molecule has 22 heavy (non-hydrogen) atoms. The van der Waals surface area contributed by atoms with Gasteiger partial charge in [-0.15, -0.1) is 0 Å². The second kappa shape index (κ2) is 4.98. The fraction of sp³-hybridized carbons (Fsp3) is 0.350. The predicted molar refractivity (Wildman–Crippen MR) is 93.0 cm³/mol. The van der Waals surface area contributed by atoms with Crippen LogP contribution < -0.4 is 4.57 Å². The molecule has 0 saturated heterocycles. The number of imidazole rings is 1. The molecule has 0 atom stereocenters. The van der Waals surface area contributed by atoms with Crippen molar-refractivity contribution in [2.75, 3.05) is 0 Å². The van der Waals surface area contributed by atoms with Gasteiger partial charge < -0.3 is 0 Å². The molecule has 0 saturated carbocycles. The van der Waals surface area contributed by atoms with Crippen molar-refractivity contribution in [3.63, 3.8) is 0 Å². The molecule has 2 heteroatoms. The van der Waals surface area contributed by atoms with Crippen LogP contribution >= 0.6 is 0 Å². The van der Waals surface area contributed by atoms with Gasteiger partial charge in [0.2, 0.25) is 0 Å². The summed E-state index contributed by atoms with van der Waals surface area (Å²) in [6.07, 6.45) is 0. The van der Waals surface area contributed by atoms with Gasteiger partial charge >= 0.3 is 0 Å². The number of nitrogens with zero attached hydrogens (tertiary/aromatic N) is 2. The molecule has 0 bridgehead atoms. The van der Waals surface area contributed by atoms with E-state index < -0.39 is 0 Å². The lowest BCUT2D eigenvalue weighted by atomic mass is 10.0. The van der Waals surface area contributed by atoms with Crippen LogP contribution in [-0.4, -0.2) is 4.57 Å². The number of aromatic nitrogens is 2.